The van der Waals surface area contributed by atoms with Crippen molar-refractivity contribution in [3.63, 3.8) is 0 Å². The summed E-state index contributed by atoms with van der Waals surface area (Å²) in [6.07, 6.45) is 2.78. The van der Waals surface area contributed by atoms with Gasteiger partial charge in [-0.2, -0.15) is 4.98 Å². The number of nitrogens with zero attached hydrogens (tertiary/aromatic N) is 3. The second kappa shape index (κ2) is 11.3. The Hall–Kier alpha value is -3.55. The van der Waals surface area contributed by atoms with Crippen molar-refractivity contribution < 1.29 is 18.5 Å². The van der Waals surface area contributed by atoms with Gasteiger partial charge in [0.2, 0.25) is 23.5 Å². The van der Waals surface area contributed by atoms with E-state index in [1.54, 1.807) is 19.1 Å². The lowest BCUT2D eigenvalue weighted by Gasteiger charge is -2.34. The molecule has 0 aliphatic carbocycles. The SMILES string of the molecule is CCC(C(=O)N1CCC(NC(=O)CCc2nc(-c3ccc(F)c(C)c3)no2)CC1)c1ccccc1. The highest BCUT2D eigenvalue weighted by molar-refractivity contribution is 5.84. The van der Waals surface area contributed by atoms with E-state index < -0.39 is 0 Å². The number of amides is 2. The summed E-state index contributed by atoms with van der Waals surface area (Å²) in [4.78, 5) is 31.8. The minimum absolute atomic E-state index is 0.0452. The van der Waals surface area contributed by atoms with Gasteiger partial charge in [0.05, 0.1) is 5.92 Å². The van der Waals surface area contributed by atoms with E-state index in [-0.39, 0.29) is 36.0 Å². The minimum atomic E-state index is -0.286. The first kappa shape index (κ1) is 24.6. The van der Waals surface area contributed by atoms with Crippen molar-refractivity contribution in [2.75, 3.05) is 13.1 Å². The third-order valence-electron chi connectivity index (χ3n) is 6.53. The van der Waals surface area contributed by atoms with Gasteiger partial charge >= 0.3 is 0 Å². The molecule has 1 aromatic heterocycles. The third-order valence-corrected chi connectivity index (χ3v) is 6.53. The third kappa shape index (κ3) is 6.12. The van der Waals surface area contributed by atoms with Crippen LogP contribution in [0.2, 0.25) is 0 Å². The van der Waals surface area contributed by atoms with Crippen LogP contribution in [0.4, 0.5) is 4.39 Å². The van der Waals surface area contributed by atoms with E-state index >= 15 is 0 Å². The van der Waals surface area contributed by atoms with Crippen LogP contribution in [0.5, 0.6) is 0 Å². The Morgan fingerprint density at radius 2 is 1.91 bits per heavy atom. The summed E-state index contributed by atoms with van der Waals surface area (Å²) in [7, 11) is 0. The number of likely N-dealkylation sites (tertiary alicyclic amines) is 1. The second-order valence-electron chi connectivity index (χ2n) is 9.01. The molecule has 1 fully saturated rings. The molecule has 1 atom stereocenters. The molecular formula is C27H31FN4O3. The zero-order valence-corrected chi connectivity index (χ0v) is 20.2. The zero-order valence-electron chi connectivity index (χ0n) is 20.2. The number of aromatic nitrogens is 2. The number of aryl methyl sites for hydroxylation is 2. The Kier molecular flexibility index (Phi) is 7.90. The first-order valence-electron chi connectivity index (χ1n) is 12.2. The summed E-state index contributed by atoms with van der Waals surface area (Å²) in [5.41, 5.74) is 2.22. The standard InChI is InChI=1S/C27H31FN4O3/c1-3-22(19-7-5-4-6-8-19)27(34)32-15-13-21(14-16-32)29-24(33)11-12-25-30-26(31-35-25)20-9-10-23(28)18(2)17-20/h4-10,17,21-22H,3,11-16H2,1-2H3,(H,29,33). The molecule has 7 nitrogen and oxygen atoms in total. The van der Waals surface area contributed by atoms with E-state index in [1.807, 2.05) is 42.2 Å². The van der Waals surface area contributed by atoms with Crippen molar-refractivity contribution in [1.29, 1.82) is 0 Å². The molecule has 8 heteroatoms. The van der Waals surface area contributed by atoms with E-state index in [1.165, 1.54) is 6.07 Å². The number of carbonyl (C=O) groups is 2. The van der Waals surface area contributed by atoms with Crippen LogP contribution in [-0.4, -0.2) is 46.0 Å². The van der Waals surface area contributed by atoms with Crippen LogP contribution in [0.25, 0.3) is 11.4 Å². The van der Waals surface area contributed by atoms with Crippen LogP contribution in [0.3, 0.4) is 0 Å². The van der Waals surface area contributed by atoms with E-state index in [9.17, 15) is 14.0 Å². The maximum absolute atomic E-state index is 13.5. The smallest absolute Gasteiger partial charge is 0.230 e. The van der Waals surface area contributed by atoms with E-state index in [2.05, 4.69) is 15.5 Å². The summed E-state index contributed by atoms with van der Waals surface area (Å²) >= 11 is 0. The van der Waals surface area contributed by atoms with Crippen molar-refractivity contribution in [2.45, 2.75) is 57.9 Å². The topological polar surface area (TPSA) is 88.3 Å². The fraction of sp³-hybridized carbons (Fsp3) is 0.407. The molecule has 3 aromatic rings. The molecule has 0 bridgehead atoms. The lowest BCUT2D eigenvalue weighted by Crippen LogP contribution is -2.47. The molecule has 1 saturated heterocycles. The highest BCUT2D eigenvalue weighted by atomic mass is 19.1. The van der Waals surface area contributed by atoms with Crippen molar-refractivity contribution in [3.8, 4) is 11.4 Å². The monoisotopic (exact) mass is 478 g/mol. The summed E-state index contributed by atoms with van der Waals surface area (Å²) in [6.45, 7) is 4.99. The van der Waals surface area contributed by atoms with E-state index in [0.29, 0.717) is 42.4 Å². The van der Waals surface area contributed by atoms with Crippen molar-refractivity contribution in [2.24, 2.45) is 0 Å². The molecule has 0 spiro atoms. The summed E-state index contributed by atoms with van der Waals surface area (Å²) in [5, 5.41) is 7.01. The quantitative estimate of drug-likeness (QED) is 0.518. The van der Waals surface area contributed by atoms with Gasteiger partial charge in [-0.25, -0.2) is 4.39 Å². The maximum atomic E-state index is 13.5. The van der Waals surface area contributed by atoms with Crippen LogP contribution in [0.15, 0.2) is 53.1 Å². The van der Waals surface area contributed by atoms with Gasteiger partial charge < -0.3 is 14.7 Å². The number of hydrogen-bond donors (Lipinski definition) is 1. The molecule has 2 heterocycles. The van der Waals surface area contributed by atoms with E-state index in [4.69, 9.17) is 4.52 Å². The summed E-state index contributed by atoms with van der Waals surface area (Å²) in [6, 6.07) is 14.6. The van der Waals surface area contributed by atoms with Crippen molar-refractivity contribution >= 4 is 11.8 Å². The Labute approximate surface area is 204 Å². The zero-order chi connectivity index (χ0) is 24.8. The molecule has 2 aromatic carbocycles. The second-order valence-corrected chi connectivity index (χ2v) is 9.01. The Morgan fingerprint density at radius 1 is 1.17 bits per heavy atom. The van der Waals surface area contributed by atoms with Gasteiger partial charge in [-0.15, -0.1) is 0 Å². The Morgan fingerprint density at radius 3 is 2.60 bits per heavy atom. The van der Waals surface area contributed by atoms with Gasteiger partial charge in [0.15, 0.2) is 0 Å². The molecule has 35 heavy (non-hydrogen) atoms. The molecule has 2 amide bonds. The number of halogens is 1. The van der Waals surface area contributed by atoms with Gasteiger partial charge in [0.1, 0.15) is 5.82 Å². The number of rotatable bonds is 8. The normalized spacial score (nSPS) is 15.1. The van der Waals surface area contributed by atoms with Crippen LogP contribution >= 0.6 is 0 Å². The predicted octanol–water partition coefficient (Wildman–Crippen LogP) is 4.42. The van der Waals surface area contributed by atoms with E-state index in [0.717, 1.165) is 24.8 Å². The van der Waals surface area contributed by atoms with Gasteiger partial charge in [0, 0.05) is 37.5 Å². The van der Waals surface area contributed by atoms with Crippen LogP contribution in [0.1, 0.15) is 55.5 Å². The average Bonchev–Trinajstić information content (AvgIpc) is 3.35. The van der Waals surface area contributed by atoms with Gasteiger partial charge in [-0.1, -0.05) is 42.4 Å². The van der Waals surface area contributed by atoms with Crippen LogP contribution in [-0.2, 0) is 16.0 Å². The lowest BCUT2D eigenvalue weighted by atomic mass is 9.93. The number of nitrogens with one attached hydrogen (secondary N) is 1. The highest BCUT2D eigenvalue weighted by Crippen LogP contribution is 2.24. The van der Waals surface area contributed by atoms with Crippen LogP contribution in [0, 0.1) is 12.7 Å². The van der Waals surface area contributed by atoms with Crippen LogP contribution < -0.4 is 5.32 Å². The summed E-state index contributed by atoms with van der Waals surface area (Å²) < 4.78 is 18.7. The number of benzene rings is 2. The lowest BCUT2D eigenvalue weighted by molar-refractivity contribution is -0.134. The predicted molar refractivity (Wildman–Crippen MR) is 130 cm³/mol. The molecular weight excluding hydrogens is 447 g/mol. The first-order chi connectivity index (χ1) is 16.9. The molecule has 1 unspecified atom stereocenters. The summed E-state index contributed by atoms with van der Waals surface area (Å²) in [5.74, 6) is 0.409. The number of piperidine rings is 1. The fourth-order valence-electron chi connectivity index (χ4n) is 4.48. The Bertz CT molecular complexity index is 1160. The largest absolute Gasteiger partial charge is 0.353 e. The van der Waals surface area contributed by atoms with Gasteiger partial charge in [-0.05, 0) is 55.5 Å². The van der Waals surface area contributed by atoms with Gasteiger partial charge in [-0.3, -0.25) is 9.59 Å². The molecule has 184 valence electrons. The molecule has 1 N–H and O–H groups in total. The Balaban J connectivity index is 1.23. The fourth-order valence-corrected chi connectivity index (χ4v) is 4.48. The molecule has 0 radical (unpaired) electrons. The average molecular weight is 479 g/mol. The first-order valence-corrected chi connectivity index (χ1v) is 12.2. The molecule has 1 aliphatic rings. The number of carbonyl (C=O) groups excluding carboxylic acids is 2. The number of hydrogen-bond acceptors (Lipinski definition) is 5. The van der Waals surface area contributed by atoms with Gasteiger partial charge in [0.25, 0.3) is 0 Å². The molecule has 1 aliphatic heterocycles. The molecule has 4 rings (SSSR count). The molecule has 0 saturated carbocycles. The maximum Gasteiger partial charge on any atom is 0.230 e. The minimum Gasteiger partial charge on any atom is -0.353 e. The highest BCUT2D eigenvalue weighted by Gasteiger charge is 2.28. The van der Waals surface area contributed by atoms with Crippen molar-refractivity contribution in [1.82, 2.24) is 20.4 Å². The van der Waals surface area contributed by atoms with Crippen molar-refractivity contribution in [3.05, 3.63) is 71.4 Å².